The van der Waals surface area contributed by atoms with Crippen LogP contribution in [0.15, 0.2) is 43.1 Å². The molecule has 1 aromatic carbocycles. The highest BCUT2D eigenvalue weighted by atomic mass is 19.4. The van der Waals surface area contributed by atoms with E-state index < -0.39 is 12.7 Å². The number of hydrogen-bond donors (Lipinski definition) is 4. The SMILES string of the molecule is C=C(NCC(C)(C)C)c1ccc(Nc2nc(NCC(F)(F)F)c3cc[nH]c3n2)cc1. The zero-order valence-corrected chi connectivity index (χ0v) is 17.1. The molecule has 160 valence electrons. The number of benzene rings is 1. The molecular formula is C21H25F3N6. The molecule has 3 rings (SSSR count). The first-order valence-electron chi connectivity index (χ1n) is 9.46. The van der Waals surface area contributed by atoms with Crippen molar-refractivity contribution in [2.24, 2.45) is 5.41 Å². The van der Waals surface area contributed by atoms with Crippen molar-refractivity contribution in [2.75, 3.05) is 23.7 Å². The summed E-state index contributed by atoms with van der Waals surface area (Å²) in [5, 5.41) is 9.17. The monoisotopic (exact) mass is 418 g/mol. The zero-order valence-electron chi connectivity index (χ0n) is 17.1. The Balaban J connectivity index is 1.73. The number of fused-ring (bicyclic) bond motifs is 1. The van der Waals surface area contributed by atoms with Crippen molar-refractivity contribution < 1.29 is 13.2 Å². The maximum absolute atomic E-state index is 12.6. The molecule has 0 spiro atoms. The van der Waals surface area contributed by atoms with Crippen LogP contribution in [-0.2, 0) is 0 Å². The highest BCUT2D eigenvalue weighted by Crippen LogP contribution is 2.25. The van der Waals surface area contributed by atoms with Gasteiger partial charge in [0.2, 0.25) is 5.95 Å². The summed E-state index contributed by atoms with van der Waals surface area (Å²) < 4.78 is 37.8. The number of aromatic amines is 1. The van der Waals surface area contributed by atoms with Crippen molar-refractivity contribution in [1.29, 1.82) is 0 Å². The van der Waals surface area contributed by atoms with E-state index in [9.17, 15) is 13.2 Å². The van der Waals surface area contributed by atoms with Crippen LogP contribution in [0.2, 0.25) is 0 Å². The van der Waals surface area contributed by atoms with Gasteiger partial charge in [-0.25, -0.2) is 0 Å². The van der Waals surface area contributed by atoms with Gasteiger partial charge < -0.3 is 20.9 Å². The fourth-order valence-corrected chi connectivity index (χ4v) is 2.67. The molecule has 2 heterocycles. The van der Waals surface area contributed by atoms with E-state index in [1.807, 2.05) is 24.3 Å². The van der Waals surface area contributed by atoms with Crippen LogP contribution in [0.4, 0.5) is 30.6 Å². The van der Waals surface area contributed by atoms with Gasteiger partial charge in [0, 0.05) is 24.1 Å². The minimum absolute atomic E-state index is 0.109. The van der Waals surface area contributed by atoms with Crippen molar-refractivity contribution in [3.63, 3.8) is 0 Å². The summed E-state index contributed by atoms with van der Waals surface area (Å²) >= 11 is 0. The van der Waals surface area contributed by atoms with Crippen LogP contribution in [0.1, 0.15) is 26.3 Å². The van der Waals surface area contributed by atoms with Crippen LogP contribution in [-0.4, -0.2) is 34.2 Å². The second kappa shape index (κ2) is 8.25. The predicted octanol–water partition coefficient (Wildman–Crippen LogP) is 5.28. The fourth-order valence-electron chi connectivity index (χ4n) is 2.67. The Labute approximate surface area is 173 Å². The Bertz CT molecular complexity index is 1020. The molecule has 0 atom stereocenters. The summed E-state index contributed by atoms with van der Waals surface area (Å²) in [4.78, 5) is 11.4. The van der Waals surface area contributed by atoms with Gasteiger partial charge in [0.25, 0.3) is 0 Å². The van der Waals surface area contributed by atoms with Crippen molar-refractivity contribution >= 4 is 34.2 Å². The Morgan fingerprint density at radius 1 is 1.03 bits per heavy atom. The molecule has 0 radical (unpaired) electrons. The van der Waals surface area contributed by atoms with Gasteiger partial charge in [-0.3, -0.25) is 0 Å². The first-order chi connectivity index (χ1) is 14.0. The number of nitrogens with one attached hydrogen (secondary N) is 4. The van der Waals surface area contributed by atoms with Gasteiger partial charge in [-0.1, -0.05) is 39.5 Å². The summed E-state index contributed by atoms with van der Waals surface area (Å²) in [5.74, 6) is 0.296. The van der Waals surface area contributed by atoms with E-state index >= 15 is 0 Å². The van der Waals surface area contributed by atoms with E-state index in [-0.39, 0.29) is 17.2 Å². The molecule has 0 saturated carbocycles. The molecule has 9 heteroatoms. The normalized spacial score (nSPS) is 12.1. The Kier molecular flexibility index (Phi) is 5.91. The number of H-pyrrole nitrogens is 1. The predicted molar refractivity (Wildman–Crippen MR) is 115 cm³/mol. The lowest BCUT2D eigenvalue weighted by Gasteiger charge is -2.21. The standard InChI is InChI=1S/C21H25F3N6/c1-13(26-11-20(2,3)4)14-5-7-15(8-6-14)28-19-29-17-16(9-10-25-17)18(30-19)27-12-21(22,23)24/h5-10,26H,1,11-12H2,2-4H3,(H3,25,27,28,29,30). The largest absolute Gasteiger partial charge is 0.405 e. The molecule has 4 N–H and O–H groups in total. The smallest absolute Gasteiger partial charge is 0.385 e. The molecule has 0 aliphatic heterocycles. The highest BCUT2D eigenvalue weighted by molar-refractivity contribution is 5.88. The average molecular weight is 418 g/mol. The molecule has 0 aliphatic rings. The number of halogens is 3. The summed E-state index contributed by atoms with van der Waals surface area (Å²) in [7, 11) is 0. The quantitative estimate of drug-likeness (QED) is 0.420. The molecule has 0 fully saturated rings. The summed E-state index contributed by atoms with van der Waals surface area (Å²) in [6, 6.07) is 9.10. The Morgan fingerprint density at radius 3 is 2.37 bits per heavy atom. The Hall–Kier alpha value is -3.23. The van der Waals surface area contributed by atoms with Crippen LogP contribution in [0.25, 0.3) is 16.7 Å². The van der Waals surface area contributed by atoms with Gasteiger partial charge in [0.1, 0.15) is 18.0 Å². The van der Waals surface area contributed by atoms with Crippen molar-refractivity contribution in [3.05, 3.63) is 48.7 Å². The van der Waals surface area contributed by atoms with Gasteiger partial charge in [-0.05, 0) is 29.2 Å². The minimum atomic E-state index is -4.35. The molecule has 30 heavy (non-hydrogen) atoms. The Morgan fingerprint density at radius 2 is 1.73 bits per heavy atom. The van der Waals surface area contributed by atoms with E-state index in [0.29, 0.717) is 16.7 Å². The molecular weight excluding hydrogens is 393 g/mol. The van der Waals surface area contributed by atoms with E-state index in [2.05, 4.69) is 58.3 Å². The lowest BCUT2D eigenvalue weighted by Crippen LogP contribution is -2.25. The van der Waals surface area contributed by atoms with E-state index in [0.717, 1.165) is 17.8 Å². The van der Waals surface area contributed by atoms with E-state index in [1.165, 1.54) is 0 Å². The fraction of sp³-hybridized carbons (Fsp3) is 0.333. The van der Waals surface area contributed by atoms with Crippen molar-refractivity contribution in [2.45, 2.75) is 26.9 Å². The van der Waals surface area contributed by atoms with Crippen molar-refractivity contribution in [3.8, 4) is 0 Å². The van der Waals surface area contributed by atoms with Crippen LogP contribution in [0, 0.1) is 5.41 Å². The van der Waals surface area contributed by atoms with Crippen LogP contribution in [0.3, 0.4) is 0 Å². The number of rotatable bonds is 7. The first-order valence-corrected chi connectivity index (χ1v) is 9.46. The van der Waals surface area contributed by atoms with Crippen LogP contribution >= 0.6 is 0 Å². The third-order valence-electron chi connectivity index (χ3n) is 4.19. The maximum atomic E-state index is 12.6. The summed E-state index contributed by atoms with van der Waals surface area (Å²) in [6.07, 6.45) is -2.74. The molecule has 2 aromatic heterocycles. The van der Waals surface area contributed by atoms with Crippen molar-refractivity contribution in [1.82, 2.24) is 20.3 Å². The number of hydrogen-bond acceptors (Lipinski definition) is 5. The number of alkyl halides is 3. The third kappa shape index (κ3) is 5.88. The highest BCUT2D eigenvalue weighted by Gasteiger charge is 2.27. The second-order valence-electron chi connectivity index (χ2n) is 8.20. The van der Waals surface area contributed by atoms with Gasteiger partial charge >= 0.3 is 6.18 Å². The molecule has 0 saturated heterocycles. The molecule has 0 bridgehead atoms. The molecule has 6 nitrogen and oxygen atoms in total. The second-order valence-corrected chi connectivity index (χ2v) is 8.20. The van der Waals surface area contributed by atoms with E-state index in [4.69, 9.17) is 0 Å². The van der Waals surface area contributed by atoms with Crippen LogP contribution in [0.5, 0.6) is 0 Å². The summed E-state index contributed by atoms with van der Waals surface area (Å²) in [6.45, 7) is 10.1. The number of anilines is 3. The van der Waals surface area contributed by atoms with Gasteiger partial charge in [-0.2, -0.15) is 23.1 Å². The lowest BCUT2D eigenvalue weighted by molar-refractivity contribution is -0.115. The molecule has 0 aliphatic carbocycles. The molecule has 0 amide bonds. The van der Waals surface area contributed by atoms with Gasteiger partial charge in [-0.15, -0.1) is 0 Å². The maximum Gasteiger partial charge on any atom is 0.405 e. The lowest BCUT2D eigenvalue weighted by atomic mass is 9.96. The van der Waals surface area contributed by atoms with Gasteiger partial charge in [0.15, 0.2) is 0 Å². The topological polar surface area (TPSA) is 77.7 Å². The molecule has 3 aromatic rings. The van der Waals surface area contributed by atoms with E-state index in [1.54, 1.807) is 12.3 Å². The third-order valence-corrected chi connectivity index (χ3v) is 4.19. The minimum Gasteiger partial charge on any atom is -0.385 e. The number of aromatic nitrogens is 3. The van der Waals surface area contributed by atoms with Crippen LogP contribution < -0.4 is 16.0 Å². The molecule has 0 unspecified atom stereocenters. The zero-order chi connectivity index (χ0) is 21.9. The van der Waals surface area contributed by atoms with Gasteiger partial charge in [0.05, 0.1) is 5.39 Å². The summed E-state index contributed by atoms with van der Waals surface area (Å²) in [5.41, 5.74) is 3.04. The number of nitrogens with zero attached hydrogens (tertiary/aromatic N) is 2. The average Bonchev–Trinajstić information content (AvgIpc) is 3.12. The first kappa shape index (κ1) is 21.5.